The molecule has 1 N–H and O–H groups in total. The van der Waals surface area contributed by atoms with Crippen LogP contribution in [0.5, 0.6) is 0 Å². The molecule has 2 aliphatic heterocycles. The van der Waals surface area contributed by atoms with Crippen LogP contribution in [-0.2, 0) is 14.8 Å². The Morgan fingerprint density at radius 3 is 2.77 bits per heavy atom. The number of amides is 1. The van der Waals surface area contributed by atoms with Gasteiger partial charge in [0.15, 0.2) is 0 Å². The van der Waals surface area contributed by atoms with Crippen molar-refractivity contribution in [3.63, 3.8) is 0 Å². The highest BCUT2D eigenvalue weighted by molar-refractivity contribution is 7.91. The van der Waals surface area contributed by atoms with Crippen molar-refractivity contribution in [2.24, 2.45) is 11.8 Å². The fraction of sp³-hybridized carbons (Fsp3) is 0.722. The molecule has 0 spiro atoms. The van der Waals surface area contributed by atoms with Crippen molar-refractivity contribution in [3.8, 4) is 0 Å². The van der Waals surface area contributed by atoms with E-state index in [4.69, 9.17) is 0 Å². The standard InChI is InChI=1S/C18H29N3O3S2/c1-15(13-20-8-2-3-9-20)12-19-18(22)16-6-4-10-21(14-16)26(23,24)17-7-5-11-25-17/h5,7,11,15-16H,2-4,6,8-10,12-14H2,1H3,(H,19,22)/t15-,16-/m1/s1. The van der Waals surface area contributed by atoms with E-state index in [1.54, 1.807) is 17.5 Å². The first-order chi connectivity index (χ1) is 12.5. The second-order valence-corrected chi connectivity index (χ2v) is 10.6. The van der Waals surface area contributed by atoms with Crippen LogP contribution in [0.2, 0.25) is 0 Å². The maximum Gasteiger partial charge on any atom is 0.252 e. The molecule has 26 heavy (non-hydrogen) atoms. The minimum atomic E-state index is -3.47. The number of hydrogen-bond donors (Lipinski definition) is 1. The highest BCUT2D eigenvalue weighted by Crippen LogP contribution is 2.26. The van der Waals surface area contributed by atoms with Gasteiger partial charge in [-0.3, -0.25) is 4.79 Å². The van der Waals surface area contributed by atoms with Gasteiger partial charge >= 0.3 is 0 Å². The Labute approximate surface area is 160 Å². The number of piperidine rings is 1. The normalized spacial score (nSPS) is 23.8. The number of nitrogens with zero attached hydrogens (tertiary/aromatic N) is 2. The Balaban J connectivity index is 1.50. The van der Waals surface area contributed by atoms with Crippen LogP contribution >= 0.6 is 11.3 Å². The predicted octanol–water partition coefficient (Wildman–Crippen LogP) is 2.00. The van der Waals surface area contributed by atoms with Crippen molar-refractivity contribution in [2.45, 2.75) is 36.8 Å². The first-order valence-corrected chi connectivity index (χ1v) is 11.8. The number of thiophene rings is 1. The molecule has 0 aromatic carbocycles. The topological polar surface area (TPSA) is 69.7 Å². The molecule has 2 saturated heterocycles. The monoisotopic (exact) mass is 399 g/mol. The van der Waals surface area contributed by atoms with Crippen LogP contribution in [0.4, 0.5) is 0 Å². The molecule has 0 unspecified atom stereocenters. The third kappa shape index (κ3) is 4.85. The lowest BCUT2D eigenvalue weighted by Crippen LogP contribution is -2.46. The SMILES string of the molecule is C[C@H](CNC(=O)[C@@H]1CCCN(S(=O)(=O)c2cccs2)C1)CN1CCCC1. The summed E-state index contributed by atoms with van der Waals surface area (Å²) in [5.41, 5.74) is 0. The number of nitrogens with one attached hydrogen (secondary N) is 1. The van der Waals surface area contributed by atoms with E-state index < -0.39 is 10.0 Å². The number of carbonyl (C=O) groups excluding carboxylic acids is 1. The van der Waals surface area contributed by atoms with E-state index in [0.717, 1.165) is 32.5 Å². The van der Waals surface area contributed by atoms with Gasteiger partial charge in [-0.15, -0.1) is 11.3 Å². The van der Waals surface area contributed by atoms with Crippen LogP contribution in [0, 0.1) is 11.8 Å². The predicted molar refractivity (Wildman–Crippen MR) is 104 cm³/mol. The summed E-state index contributed by atoms with van der Waals surface area (Å²) in [6, 6.07) is 3.37. The van der Waals surface area contributed by atoms with E-state index in [2.05, 4.69) is 17.1 Å². The summed E-state index contributed by atoms with van der Waals surface area (Å²) >= 11 is 1.23. The Hall–Kier alpha value is -0.960. The summed E-state index contributed by atoms with van der Waals surface area (Å²) in [5.74, 6) is 0.147. The van der Waals surface area contributed by atoms with Gasteiger partial charge in [-0.25, -0.2) is 8.42 Å². The summed E-state index contributed by atoms with van der Waals surface area (Å²) in [7, 11) is -3.47. The average Bonchev–Trinajstić information content (AvgIpc) is 3.34. The van der Waals surface area contributed by atoms with Crippen molar-refractivity contribution < 1.29 is 13.2 Å². The maximum atomic E-state index is 12.7. The third-order valence-corrected chi connectivity index (χ3v) is 8.48. The zero-order valence-electron chi connectivity index (χ0n) is 15.4. The fourth-order valence-electron chi connectivity index (χ4n) is 3.80. The molecular weight excluding hydrogens is 370 g/mol. The molecule has 1 aromatic heterocycles. The molecule has 8 heteroatoms. The molecule has 3 heterocycles. The summed E-state index contributed by atoms with van der Waals surface area (Å²) in [6.07, 6.45) is 4.03. The highest BCUT2D eigenvalue weighted by atomic mass is 32.2. The molecule has 1 aromatic rings. The minimum absolute atomic E-state index is 0.00986. The molecule has 0 bridgehead atoms. The van der Waals surface area contributed by atoms with Crippen LogP contribution in [0.1, 0.15) is 32.6 Å². The number of sulfonamides is 1. The van der Waals surface area contributed by atoms with Crippen molar-refractivity contribution >= 4 is 27.3 Å². The van der Waals surface area contributed by atoms with Gasteiger partial charge in [-0.1, -0.05) is 13.0 Å². The van der Waals surface area contributed by atoms with Crippen molar-refractivity contribution in [3.05, 3.63) is 17.5 Å². The van der Waals surface area contributed by atoms with Crippen LogP contribution in [0.15, 0.2) is 21.7 Å². The summed E-state index contributed by atoms with van der Waals surface area (Å²) in [4.78, 5) is 15.0. The first-order valence-electron chi connectivity index (χ1n) is 9.50. The molecule has 0 radical (unpaired) electrons. The molecule has 6 nitrogen and oxygen atoms in total. The van der Waals surface area contributed by atoms with Crippen LogP contribution in [0.3, 0.4) is 0 Å². The first kappa shape index (κ1) is 19.8. The Kier molecular flexibility index (Phi) is 6.71. The van der Waals surface area contributed by atoms with E-state index in [1.807, 2.05) is 0 Å². The second-order valence-electron chi connectivity index (χ2n) is 7.49. The average molecular weight is 400 g/mol. The number of hydrogen-bond acceptors (Lipinski definition) is 5. The van der Waals surface area contributed by atoms with E-state index >= 15 is 0 Å². The minimum Gasteiger partial charge on any atom is -0.356 e. The van der Waals surface area contributed by atoms with Crippen molar-refractivity contribution in [1.82, 2.24) is 14.5 Å². The molecule has 146 valence electrons. The van der Waals surface area contributed by atoms with Gasteiger partial charge < -0.3 is 10.2 Å². The number of likely N-dealkylation sites (tertiary alicyclic amines) is 1. The summed E-state index contributed by atoms with van der Waals surface area (Å²) in [5, 5.41) is 4.82. The van der Waals surface area contributed by atoms with Crippen molar-refractivity contribution in [2.75, 3.05) is 39.3 Å². The van der Waals surface area contributed by atoms with Gasteiger partial charge in [0, 0.05) is 26.2 Å². The van der Waals surface area contributed by atoms with Crippen LogP contribution in [0.25, 0.3) is 0 Å². The van der Waals surface area contributed by atoms with E-state index in [-0.39, 0.29) is 18.4 Å². The quantitative estimate of drug-likeness (QED) is 0.761. The lowest BCUT2D eigenvalue weighted by Gasteiger charge is -2.31. The van der Waals surface area contributed by atoms with E-state index in [0.29, 0.717) is 23.2 Å². The van der Waals surface area contributed by atoms with Gasteiger partial charge in [-0.05, 0) is 56.1 Å². The summed E-state index contributed by atoms with van der Waals surface area (Å²) in [6.45, 7) is 6.94. The fourth-order valence-corrected chi connectivity index (χ4v) is 6.47. The molecule has 0 aliphatic carbocycles. The lowest BCUT2D eigenvalue weighted by molar-refractivity contribution is -0.126. The molecular formula is C18H29N3O3S2. The number of rotatable bonds is 7. The Morgan fingerprint density at radius 1 is 1.31 bits per heavy atom. The Morgan fingerprint density at radius 2 is 2.08 bits per heavy atom. The van der Waals surface area contributed by atoms with Gasteiger partial charge in [0.05, 0.1) is 5.92 Å². The molecule has 0 saturated carbocycles. The summed E-state index contributed by atoms with van der Waals surface area (Å²) < 4.78 is 27.2. The molecule has 2 aliphatic rings. The molecule has 3 rings (SSSR count). The highest BCUT2D eigenvalue weighted by Gasteiger charge is 2.33. The van der Waals surface area contributed by atoms with E-state index in [1.165, 1.54) is 28.5 Å². The zero-order chi connectivity index (χ0) is 18.6. The lowest BCUT2D eigenvalue weighted by atomic mass is 9.98. The zero-order valence-corrected chi connectivity index (χ0v) is 17.0. The van der Waals surface area contributed by atoms with Gasteiger partial charge in [-0.2, -0.15) is 4.31 Å². The Bertz CT molecular complexity index is 685. The molecule has 1 amide bonds. The molecule has 2 fully saturated rings. The molecule has 2 atom stereocenters. The third-order valence-electron chi connectivity index (χ3n) is 5.24. The maximum absolute atomic E-state index is 12.7. The van der Waals surface area contributed by atoms with Crippen LogP contribution < -0.4 is 5.32 Å². The van der Waals surface area contributed by atoms with Gasteiger partial charge in [0.1, 0.15) is 4.21 Å². The van der Waals surface area contributed by atoms with Gasteiger partial charge in [0.25, 0.3) is 10.0 Å². The van der Waals surface area contributed by atoms with E-state index in [9.17, 15) is 13.2 Å². The smallest absolute Gasteiger partial charge is 0.252 e. The largest absolute Gasteiger partial charge is 0.356 e. The van der Waals surface area contributed by atoms with Gasteiger partial charge in [0.2, 0.25) is 5.91 Å². The van der Waals surface area contributed by atoms with Crippen molar-refractivity contribution in [1.29, 1.82) is 0 Å². The number of carbonyl (C=O) groups is 1. The van der Waals surface area contributed by atoms with Crippen LogP contribution in [-0.4, -0.2) is 62.8 Å². The second kappa shape index (κ2) is 8.82.